The molecule has 6 heteroatoms. The van der Waals surface area contributed by atoms with Gasteiger partial charge in [0.25, 0.3) is 0 Å². The van der Waals surface area contributed by atoms with E-state index in [4.69, 9.17) is 16.3 Å². The van der Waals surface area contributed by atoms with Gasteiger partial charge in [0, 0.05) is 36.7 Å². The third-order valence-corrected chi connectivity index (χ3v) is 4.34. The van der Waals surface area contributed by atoms with Gasteiger partial charge < -0.3 is 15.4 Å². The molecule has 2 rings (SSSR count). The predicted molar refractivity (Wildman–Crippen MR) is 90.7 cm³/mol. The topological polar surface area (TPSA) is 67.4 Å². The number of nitrogens with one attached hydrogen (secondary N) is 2. The van der Waals surface area contributed by atoms with Crippen LogP contribution in [-0.4, -0.2) is 31.1 Å². The van der Waals surface area contributed by atoms with Gasteiger partial charge in [0.1, 0.15) is 0 Å². The number of halogens is 1. The standard InChI is InChI=1S/C17H23ClN2O3/c1-12-14(18)5-2-6-15(12)20-17(22)9-10-19-16(21)8-7-13-4-3-11-23-13/h2,5-6,13H,3-4,7-11H2,1H3,(H,19,21)(H,20,22)/t13-/m0/s1. The molecule has 0 unspecified atom stereocenters. The maximum atomic E-state index is 11.9. The molecule has 0 bridgehead atoms. The van der Waals surface area contributed by atoms with Crippen LogP contribution in [0.2, 0.25) is 5.02 Å². The zero-order valence-electron chi connectivity index (χ0n) is 13.4. The van der Waals surface area contributed by atoms with Crippen LogP contribution in [0.4, 0.5) is 5.69 Å². The Labute approximate surface area is 141 Å². The van der Waals surface area contributed by atoms with E-state index in [0.717, 1.165) is 31.4 Å². The largest absolute Gasteiger partial charge is 0.378 e. The van der Waals surface area contributed by atoms with E-state index in [1.54, 1.807) is 18.2 Å². The minimum Gasteiger partial charge on any atom is -0.378 e. The molecule has 1 fully saturated rings. The molecule has 1 aromatic rings. The van der Waals surface area contributed by atoms with Crippen LogP contribution >= 0.6 is 11.6 Å². The average Bonchev–Trinajstić information content (AvgIpc) is 3.03. The molecule has 1 aromatic carbocycles. The molecule has 2 amide bonds. The third kappa shape index (κ3) is 5.84. The van der Waals surface area contributed by atoms with Crippen LogP contribution in [0.25, 0.3) is 0 Å². The lowest BCUT2D eigenvalue weighted by atomic mass is 10.1. The normalized spacial score (nSPS) is 17.0. The summed E-state index contributed by atoms with van der Waals surface area (Å²) in [5, 5.41) is 6.19. The molecule has 5 nitrogen and oxygen atoms in total. The second-order valence-corrected chi connectivity index (χ2v) is 6.14. The highest BCUT2D eigenvalue weighted by Gasteiger charge is 2.16. The fourth-order valence-corrected chi connectivity index (χ4v) is 2.70. The van der Waals surface area contributed by atoms with Crippen molar-refractivity contribution in [1.82, 2.24) is 5.32 Å². The Balaban J connectivity index is 1.64. The second-order valence-electron chi connectivity index (χ2n) is 5.73. The highest BCUT2D eigenvalue weighted by Crippen LogP contribution is 2.22. The molecule has 1 atom stereocenters. The van der Waals surface area contributed by atoms with Gasteiger partial charge in [0.2, 0.25) is 11.8 Å². The lowest BCUT2D eigenvalue weighted by Crippen LogP contribution is -2.28. The van der Waals surface area contributed by atoms with E-state index in [0.29, 0.717) is 23.7 Å². The molecule has 1 heterocycles. The molecule has 0 aromatic heterocycles. The van der Waals surface area contributed by atoms with Crippen molar-refractivity contribution in [3.8, 4) is 0 Å². The molecule has 23 heavy (non-hydrogen) atoms. The molecule has 0 saturated carbocycles. The van der Waals surface area contributed by atoms with E-state index in [9.17, 15) is 9.59 Å². The lowest BCUT2D eigenvalue weighted by molar-refractivity contribution is -0.121. The fourth-order valence-electron chi connectivity index (χ4n) is 2.52. The highest BCUT2D eigenvalue weighted by atomic mass is 35.5. The summed E-state index contributed by atoms with van der Waals surface area (Å²) in [6, 6.07) is 5.37. The van der Waals surface area contributed by atoms with E-state index in [-0.39, 0.29) is 24.3 Å². The van der Waals surface area contributed by atoms with Crippen LogP contribution in [0.3, 0.4) is 0 Å². The Hall–Kier alpha value is -1.59. The predicted octanol–water partition coefficient (Wildman–Crippen LogP) is 3.05. The van der Waals surface area contributed by atoms with Crippen LogP contribution < -0.4 is 10.6 Å². The van der Waals surface area contributed by atoms with E-state index >= 15 is 0 Å². The molecule has 1 aliphatic rings. The van der Waals surface area contributed by atoms with Crippen LogP contribution in [0.5, 0.6) is 0 Å². The number of benzene rings is 1. The fraction of sp³-hybridized carbons (Fsp3) is 0.529. The van der Waals surface area contributed by atoms with Gasteiger partial charge in [-0.2, -0.15) is 0 Å². The quantitative estimate of drug-likeness (QED) is 0.803. The number of amides is 2. The Kier molecular flexibility index (Phi) is 6.86. The Morgan fingerprint density at radius 1 is 1.30 bits per heavy atom. The van der Waals surface area contributed by atoms with Crippen LogP contribution in [0.1, 0.15) is 37.7 Å². The smallest absolute Gasteiger partial charge is 0.226 e. The Morgan fingerprint density at radius 2 is 2.13 bits per heavy atom. The number of carbonyl (C=O) groups is 2. The lowest BCUT2D eigenvalue weighted by Gasteiger charge is -2.11. The van der Waals surface area contributed by atoms with Gasteiger partial charge in [-0.25, -0.2) is 0 Å². The molecular weight excluding hydrogens is 316 g/mol. The van der Waals surface area contributed by atoms with Gasteiger partial charge in [0.15, 0.2) is 0 Å². The Morgan fingerprint density at radius 3 is 2.87 bits per heavy atom. The van der Waals surface area contributed by atoms with E-state index < -0.39 is 0 Å². The summed E-state index contributed by atoms with van der Waals surface area (Å²) in [5.74, 6) is -0.179. The van der Waals surface area contributed by atoms with E-state index in [1.807, 2.05) is 6.92 Å². The van der Waals surface area contributed by atoms with Crippen molar-refractivity contribution < 1.29 is 14.3 Å². The summed E-state index contributed by atoms with van der Waals surface area (Å²) in [7, 11) is 0. The van der Waals surface area contributed by atoms with Crippen LogP contribution in [-0.2, 0) is 14.3 Å². The van der Waals surface area contributed by atoms with Gasteiger partial charge in [0.05, 0.1) is 6.10 Å². The molecule has 0 aliphatic carbocycles. The minimum absolute atomic E-state index is 0.0350. The monoisotopic (exact) mass is 338 g/mol. The van der Waals surface area contributed by atoms with Crippen molar-refractivity contribution in [2.24, 2.45) is 0 Å². The highest BCUT2D eigenvalue weighted by molar-refractivity contribution is 6.31. The summed E-state index contributed by atoms with van der Waals surface area (Å²) in [6.45, 7) is 2.98. The summed E-state index contributed by atoms with van der Waals surface area (Å²) in [6.07, 6.45) is 3.76. The molecule has 1 aliphatic heterocycles. The van der Waals surface area contributed by atoms with E-state index in [2.05, 4.69) is 10.6 Å². The second kappa shape index (κ2) is 8.89. The first-order valence-electron chi connectivity index (χ1n) is 7.99. The van der Waals surface area contributed by atoms with Gasteiger partial charge in [-0.1, -0.05) is 17.7 Å². The first-order chi connectivity index (χ1) is 11.1. The van der Waals surface area contributed by atoms with Crippen molar-refractivity contribution in [3.63, 3.8) is 0 Å². The molecule has 0 radical (unpaired) electrons. The van der Waals surface area contributed by atoms with Gasteiger partial charge in [-0.05, 0) is 43.9 Å². The maximum Gasteiger partial charge on any atom is 0.226 e. The molecular formula is C17H23ClN2O3. The maximum absolute atomic E-state index is 11.9. The number of carbonyl (C=O) groups excluding carboxylic acids is 2. The number of hydrogen-bond donors (Lipinski definition) is 2. The summed E-state index contributed by atoms with van der Waals surface area (Å²) >= 11 is 6.01. The number of rotatable bonds is 7. The molecule has 126 valence electrons. The van der Waals surface area contributed by atoms with Crippen LogP contribution in [0, 0.1) is 6.92 Å². The van der Waals surface area contributed by atoms with Crippen molar-refractivity contribution in [2.45, 2.75) is 45.1 Å². The first kappa shape index (κ1) is 17.8. The van der Waals surface area contributed by atoms with Gasteiger partial charge in [-0.15, -0.1) is 0 Å². The SMILES string of the molecule is Cc1c(Cl)cccc1NC(=O)CCNC(=O)CC[C@@H]1CCCO1. The van der Waals surface area contributed by atoms with Gasteiger partial charge >= 0.3 is 0 Å². The zero-order chi connectivity index (χ0) is 16.7. The van der Waals surface area contributed by atoms with Crippen molar-refractivity contribution in [3.05, 3.63) is 28.8 Å². The minimum atomic E-state index is -0.144. The van der Waals surface area contributed by atoms with E-state index in [1.165, 1.54) is 0 Å². The molecule has 2 N–H and O–H groups in total. The number of anilines is 1. The Bertz CT molecular complexity index is 557. The van der Waals surface area contributed by atoms with Crippen molar-refractivity contribution in [2.75, 3.05) is 18.5 Å². The first-order valence-corrected chi connectivity index (χ1v) is 8.37. The number of hydrogen-bond acceptors (Lipinski definition) is 3. The third-order valence-electron chi connectivity index (χ3n) is 3.93. The summed E-state index contributed by atoms with van der Waals surface area (Å²) in [5.41, 5.74) is 1.54. The number of ether oxygens (including phenoxy) is 1. The molecule has 0 spiro atoms. The summed E-state index contributed by atoms with van der Waals surface area (Å²) in [4.78, 5) is 23.6. The average molecular weight is 339 g/mol. The van der Waals surface area contributed by atoms with Crippen molar-refractivity contribution >= 4 is 29.1 Å². The zero-order valence-corrected chi connectivity index (χ0v) is 14.1. The van der Waals surface area contributed by atoms with Crippen LogP contribution in [0.15, 0.2) is 18.2 Å². The van der Waals surface area contributed by atoms with Crippen molar-refractivity contribution in [1.29, 1.82) is 0 Å². The summed E-state index contributed by atoms with van der Waals surface area (Å²) < 4.78 is 5.48. The van der Waals surface area contributed by atoms with Gasteiger partial charge in [-0.3, -0.25) is 9.59 Å². The molecule has 1 saturated heterocycles.